The molecule has 0 aliphatic carbocycles. The van der Waals surface area contributed by atoms with Crippen molar-refractivity contribution >= 4 is 0 Å². The Bertz CT molecular complexity index is 371. The second-order valence-electron chi connectivity index (χ2n) is 2.57. The third-order valence-electron chi connectivity index (χ3n) is 1.40. The van der Waals surface area contributed by atoms with E-state index in [1.807, 2.05) is 0 Å². The number of alkyl halides is 2. The van der Waals surface area contributed by atoms with E-state index in [1.165, 1.54) is 18.5 Å². The van der Waals surface area contributed by atoms with Crippen molar-refractivity contribution in [1.29, 1.82) is 0 Å². The van der Waals surface area contributed by atoms with Gasteiger partial charge in [0.1, 0.15) is 19.0 Å². The Morgan fingerprint density at radius 2 is 2.27 bits per heavy atom. The third kappa shape index (κ3) is 4.38. The van der Waals surface area contributed by atoms with E-state index in [4.69, 9.17) is 9.84 Å². The molecule has 1 heterocycles. The Balaban J connectivity index is 2.65. The van der Waals surface area contributed by atoms with E-state index in [0.717, 1.165) is 0 Å². The molecule has 0 amide bonds. The van der Waals surface area contributed by atoms with Crippen LogP contribution in [-0.2, 0) is 0 Å². The molecular weight excluding hydrogens is 204 g/mol. The topological polar surface area (TPSA) is 42.4 Å². The van der Waals surface area contributed by atoms with E-state index in [2.05, 4.69) is 16.8 Å². The van der Waals surface area contributed by atoms with Crippen LogP contribution in [0.1, 0.15) is 5.56 Å². The highest BCUT2D eigenvalue weighted by atomic mass is 19.3. The molecule has 1 rings (SSSR count). The summed E-state index contributed by atoms with van der Waals surface area (Å²) in [6, 6.07) is 1.48. The van der Waals surface area contributed by atoms with Crippen LogP contribution in [0.2, 0.25) is 0 Å². The number of halogens is 2. The van der Waals surface area contributed by atoms with Crippen molar-refractivity contribution in [3.63, 3.8) is 0 Å². The Hall–Kier alpha value is -1.67. The minimum atomic E-state index is -2.52. The van der Waals surface area contributed by atoms with Gasteiger partial charge in [-0.15, -0.1) is 0 Å². The van der Waals surface area contributed by atoms with Crippen molar-refractivity contribution in [3.05, 3.63) is 24.0 Å². The van der Waals surface area contributed by atoms with Crippen LogP contribution in [0, 0.1) is 11.8 Å². The molecule has 0 spiro atoms. The quantitative estimate of drug-likeness (QED) is 0.763. The van der Waals surface area contributed by atoms with Gasteiger partial charge < -0.3 is 9.84 Å². The van der Waals surface area contributed by atoms with Crippen LogP contribution in [0.3, 0.4) is 0 Å². The molecule has 0 unspecified atom stereocenters. The Morgan fingerprint density at radius 1 is 1.47 bits per heavy atom. The van der Waals surface area contributed by atoms with Crippen LogP contribution in [0.15, 0.2) is 18.5 Å². The summed E-state index contributed by atoms with van der Waals surface area (Å²) in [5.41, 5.74) is 0.510. The minimum absolute atomic E-state index is 0.236. The molecule has 0 aromatic carbocycles. The van der Waals surface area contributed by atoms with Gasteiger partial charge in [0, 0.05) is 11.8 Å². The predicted molar refractivity (Wildman–Crippen MR) is 49.7 cm³/mol. The van der Waals surface area contributed by atoms with Gasteiger partial charge in [-0.1, -0.05) is 11.8 Å². The van der Waals surface area contributed by atoms with Gasteiger partial charge in [0.2, 0.25) is 0 Å². The standard InChI is InChI=1S/C10H9F2NO2/c11-10(12)7-15-9-4-8(2-1-3-14)5-13-6-9/h4-6,10,14H,3,7H2. The number of hydrogen-bond acceptors (Lipinski definition) is 3. The molecule has 0 bridgehead atoms. The zero-order chi connectivity index (χ0) is 11.1. The van der Waals surface area contributed by atoms with Gasteiger partial charge in [-0.2, -0.15) is 0 Å². The molecule has 15 heavy (non-hydrogen) atoms. The molecule has 5 heteroatoms. The fourth-order valence-corrected chi connectivity index (χ4v) is 0.867. The number of rotatable bonds is 3. The summed E-state index contributed by atoms with van der Waals surface area (Å²) in [7, 11) is 0. The molecule has 1 aromatic rings. The van der Waals surface area contributed by atoms with E-state index < -0.39 is 13.0 Å². The number of aliphatic hydroxyl groups is 1. The van der Waals surface area contributed by atoms with Crippen molar-refractivity contribution in [3.8, 4) is 17.6 Å². The molecule has 0 aliphatic rings. The lowest BCUT2D eigenvalue weighted by Gasteiger charge is -2.04. The van der Waals surface area contributed by atoms with E-state index >= 15 is 0 Å². The number of ether oxygens (including phenoxy) is 1. The molecule has 1 aromatic heterocycles. The first-order valence-electron chi connectivity index (χ1n) is 4.18. The lowest BCUT2D eigenvalue weighted by atomic mass is 10.3. The van der Waals surface area contributed by atoms with Gasteiger partial charge in [-0.3, -0.25) is 4.98 Å². The molecular formula is C10H9F2NO2. The summed E-state index contributed by atoms with van der Waals surface area (Å²) in [6.45, 7) is -0.930. The molecule has 0 fully saturated rings. The predicted octanol–water partition coefficient (Wildman–Crippen LogP) is 1.07. The molecule has 0 saturated heterocycles. The number of hydrogen-bond donors (Lipinski definition) is 1. The number of aromatic nitrogens is 1. The number of aliphatic hydroxyl groups excluding tert-OH is 1. The smallest absolute Gasteiger partial charge is 0.272 e. The van der Waals surface area contributed by atoms with Crippen LogP contribution >= 0.6 is 0 Å². The van der Waals surface area contributed by atoms with Gasteiger partial charge >= 0.3 is 0 Å². The Kier molecular flexibility index (Phi) is 4.51. The van der Waals surface area contributed by atoms with Crippen molar-refractivity contribution in [2.24, 2.45) is 0 Å². The van der Waals surface area contributed by atoms with Gasteiger partial charge in [0.25, 0.3) is 6.43 Å². The average molecular weight is 213 g/mol. The first-order chi connectivity index (χ1) is 7.22. The second-order valence-corrected chi connectivity index (χ2v) is 2.57. The minimum Gasteiger partial charge on any atom is -0.486 e. The van der Waals surface area contributed by atoms with Gasteiger partial charge in [-0.25, -0.2) is 8.78 Å². The molecule has 0 aliphatic heterocycles. The number of pyridine rings is 1. The summed E-state index contributed by atoms with van der Waals surface area (Å²) in [6.07, 6.45) is 0.266. The monoisotopic (exact) mass is 213 g/mol. The van der Waals surface area contributed by atoms with Crippen molar-refractivity contribution in [1.82, 2.24) is 4.98 Å². The largest absolute Gasteiger partial charge is 0.486 e. The lowest BCUT2D eigenvalue weighted by Crippen LogP contribution is -2.07. The maximum absolute atomic E-state index is 11.8. The molecule has 3 nitrogen and oxygen atoms in total. The third-order valence-corrected chi connectivity index (χ3v) is 1.40. The molecule has 0 atom stereocenters. The van der Waals surface area contributed by atoms with Crippen LogP contribution in [-0.4, -0.2) is 29.7 Å². The van der Waals surface area contributed by atoms with Gasteiger partial charge in [0.05, 0.1) is 6.20 Å². The van der Waals surface area contributed by atoms with E-state index in [0.29, 0.717) is 5.56 Å². The first-order valence-corrected chi connectivity index (χ1v) is 4.18. The average Bonchev–Trinajstić information content (AvgIpc) is 2.24. The SMILES string of the molecule is OCC#Cc1cncc(OCC(F)F)c1. The Labute approximate surface area is 85.7 Å². The van der Waals surface area contributed by atoms with Crippen LogP contribution in [0.4, 0.5) is 8.78 Å². The molecule has 1 N–H and O–H groups in total. The van der Waals surface area contributed by atoms with Gasteiger partial charge in [-0.05, 0) is 6.07 Å². The summed E-state index contributed by atoms with van der Waals surface area (Å²) in [4.78, 5) is 3.76. The van der Waals surface area contributed by atoms with Crippen LogP contribution in [0.25, 0.3) is 0 Å². The lowest BCUT2D eigenvalue weighted by molar-refractivity contribution is 0.0817. The summed E-state index contributed by atoms with van der Waals surface area (Å²) < 4.78 is 28.4. The maximum atomic E-state index is 11.8. The van der Waals surface area contributed by atoms with E-state index in [9.17, 15) is 8.78 Å². The first kappa shape index (κ1) is 11.4. The fraction of sp³-hybridized carbons (Fsp3) is 0.300. The van der Waals surface area contributed by atoms with E-state index in [1.54, 1.807) is 0 Å². The van der Waals surface area contributed by atoms with E-state index in [-0.39, 0.29) is 12.4 Å². The van der Waals surface area contributed by atoms with Gasteiger partial charge in [0.15, 0.2) is 0 Å². The highest BCUT2D eigenvalue weighted by Gasteiger charge is 2.03. The normalized spacial score (nSPS) is 9.60. The molecule has 80 valence electrons. The van der Waals surface area contributed by atoms with Crippen LogP contribution in [0.5, 0.6) is 5.75 Å². The summed E-state index contributed by atoms with van der Waals surface area (Å²) in [5.74, 6) is 5.25. The fourth-order valence-electron chi connectivity index (χ4n) is 0.867. The van der Waals surface area contributed by atoms with Crippen molar-refractivity contribution in [2.45, 2.75) is 6.43 Å². The molecule has 0 radical (unpaired) electrons. The zero-order valence-electron chi connectivity index (χ0n) is 7.78. The second kappa shape index (κ2) is 5.94. The van der Waals surface area contributed by atoms with Crippen molar-refractivity contribution in [2.75, 3.05) is 13.2 Å². The maximum Gasteiger partial charge on any atom is 0.272 e. The highest BCUT2D eigenvalue weighted by molar-refractivity contribution is 5.36. The summed E-state index contributed by atoms with van der Waals surface area (Å²) >= 11 is 0. The molecule has 0 saturated carbocycles. The number of nitrogens with zero attached hydrogens (tertiary/aromatic N) is 1. The summed E-state index contributed by atoms with van der Waals surface area (Å²) in [5, 5.41) is 8.45. The Morgan fingerprint density at radius 3 is 2.93 bits per heavy atom. The van der Waals surface area contributed by atoms with Crippen molar-refractivity contribution < 1.29 is 18.6 Å². The highest BCUT2D eigenvalue weighted by Crippen LogP contribution is 2.11. The van der Waals surface area contributed by atoms with Crippen LogP contribution < -0.4 is 4.74 Å². The zero-order valence-corrected chi connectivity index (χ0v) is 7.78.